The molecular formula is C19H17Cl2N3O2S. The minimum atomic E-state index is -0.169. The van der Waals surface area contributed by atoms with Crippen LogP contribution in [0.5, 0.6) is 5.75 Å². The Bertz CT molecular complexity index is 909. The monoisotopic (exact) mass is 421 g/mol. The number of rotatable bonds is 7. The summed E-state index contributed by atoms with van der Waals surface area (Å²) >= 11 is 13.5. The molecule has 1 amide bonds. The van der Waals surface area contributed by atoms with Crippen LogP contribution >= 0.6 is 34.5 Å². The lowest BCUT2D eigenvalue weighted by Crippen LogP contribution is -2.21. The first-order valence-electron chi connectivity index (χ1n) is 8.09. The van der Waals surface area contributed by atoms with Gasteiger partial charge in [0.05, 0.1) is 13.7 Å². The van der Waals surface area contributed by atoms with E-state index in [1.807, 2.05) is 36.4 Å². The summed E-state index contributed by atoms with van der Waals surface area (Å²) in [6.45, 7) is 0.144. The van der Waals surface area contributed by atoms with Crippen LogP contribution in [0.1, 0.15) is 10.4 Å². The maximum Gasteiger partial charge on any atom is 0.245 e. The molecule has 1 heterocycles. The Morgan fingerprint density at radius 1 is 1.15 bits per heavy atom. The summed E-state index contributed by atoms with van der Waals surface area (Å²) in [5.74, 6) is 0.596. The standard InChI is InChI=1S/C19H17Cl2N3O2S/c1-26-16-4-2-15(3-5-16)22-11-18(25)24-19-23-10-17(27-19)8-12-6-13(20)9-14(21)7-12/h2-7,9-10,22H,8,11H2,1H3,(H,23,24,25). The van der Waals surface area contributed by atoms with Crippen molar-refractivity contribution in [2.45, 2.75) is 6.42 Å². The summed E-state index contributed by atoms with van der Waals surface area (Å²) in [6.07, 6.45) is 2.39. The lowest BCUT2D eigenvalue weighted by atomic mass is 10.1. The van der Waals surface area contributed by atoms with Crippen molar-refractivity contribution < 1.29 is 9.53 Å². The average Bonchev–Trinajstić information content (AvgIpc) is 3.06. The summed E-state index contributed by atoms with van der Waals surface area (Å²) in [4.78, 5) is 17.4. The van der Waals surface area contributed by atoms with Crippen LogP contribution in [-0.4, -0.2) is 24.5 Å². The molecule has 0 spiro atoms. The summed E-state index contributed by atoms with van der Waals surface area (Å²) in [7, 11) is 1.61. The van der Waals surface area contributed by atoms with E-state index in [-0.39, 0.29) is 12.5 Å². The first kappa shape index (κ1) is 19.5. The molecule has 8 heteroatoms. The Hall–Kier alpha value is -2.28. The van der Waals surface area contributed by atoms with Gasteiger partial charge in [-0.3, -0.25) is 4.79 Å². The largest absolute Gasteiger partial charge is 0.497 e. The van der Waals surface area contributed by atoms with E-state index in [9.17, 15) is 4.79 Å². The molecule has 0 saturated carbocycles. The number of carbonyl (C=O) groups excluding carboxylic acids is 1. The lowest BCUT2D eigenvalue weighted by Gasteiger charge is -2.07. The molecule has 3 aromatic rings. The zero-order valence-corrected chi connectivity index (χ0v) is 16.8. The van der Waals surface area contributed by atoms with Crippen LogP contribution in [0.2, 0.25) is 10.0 Å². The fraction of sp³-hybridized carbons (Fsp3) is 0.158. The fourth-order valence-corrected chi connectivity index (χ4v) is 3.85. The second-order valence-electron chi connectivity index (χ2n) is 5.72. The molecule has 0 fully saturated rings. The molecule has 0 aliphatic heterocycles. The van der Waals surface area contributed by atoms with E-state index >= 15 is 0 Å². The molecule has 0 unspecified atom stereocenters. The van der Waals surface area contributed by atoms with Crippen molar-refractivity contribution in [2.75, 3.05) is 24.3 Å². The average molecular weight is 422 g/mol. The van der Waals surface area contributed by atoms with E-state index in [0.717, 1.165) is 21.9 Å². The van der Waals surface area contributed by atoms with Gasteiger partial charge in [0, 0.05) is 33.2 Å². The van der Waals surface area contributed by atoms with Gasteiger partial charge in [0.1, 0.15) is 5.75 Å². The van der Waals surface area contributed by atoms with Gasteiger partial charge < -0.3 is 15.4 Å². The second kappa shape index (κ2) is 9.08. The Kier molecular flexibility index (Phi) is 6.55. The van der Waals surface area contributed by atoms with Gasteiger partial charge in [-0.15, -0.1) is 11.3 Å². The Labute approximate surface area is 171 Å². The number of nitrogens with one attached hydrogen (secondary N) is 2. The molecule has 27 heavy (non-hydrogen) atoms. The van der Waals surface area contributed by atoms with Gasteiger partial charge in [-0.25, -0.2) is 4.98 Å². The third-order valence-electron chi connectivity index (χ3n) is 3.64. The lowest BCUT2D eigenvalue weighted by molar-refractivity contribution is -0.114. The van der Waals surface area contributed by atoms with Gasteiger partial charge in [-0.05, 0) is 48.0 Å². The molecule has 140 valence electrons. The van der Waals surface area contributed by atoms with Crippen LogP contribution in [0, 0.1) is 0 Å². The third kappa shape index (κ3) is 5.85. The topological polar surface area (TPSA) is 63.2 Å². The number of aromatic nitrogens is 1. The number of hydrogen-bond donors (Lipinski definition) is 2. The molecule has 1 aromatic heterocycles. The van der Waals surface area contributed by atoms with Crippen LogP contribution in [0.3, 0.4) is 0 Å². The van der Waals surface area contributed by atoms with E-state index in [1.165, 1.54) is 11.3 Å². The van der Waals surface area contributed by atoms with Gasteiger partial charge >= 0.3 is 0 Å². The van der Waals surface area contributed by atoms with E-state index in [0.29, 0.717) is 21.6 Å². The Morgan fingerprint density at radius 3 is 2.52 bits per heavy atom. The molecule has 0 radical (unpaired) electrons. The van der Waals surface area contributed by atoms with Crippen molar-refractivity contribution in [3.05, 3.63) is 69.1 Å². The van der Waals surface area contributed by atoms with Crippen molar-refractivity contribution in [3.8, 4) is 5.75 Å². The van der Waals surface area contributed by atoms with Crippen molar-refractivity contribution in [1.29, 1.82) is 0 Å². The highest BCUT2D eigenvalue weighted by Crippen LogP contribution is 2.25. The number of thiazole rings is 1. The second-order valence-corrected chi connectivity index (χ2v) is 7.70. The zero-order valence-electron chi connectivity index (χ0n) is 14.5. The minimum absolute atomic E-state index is 0.144. The van der Waals surface area contributed by atoms with E-state index < -0.39 is 0 Å². The number of benzene rings is 2. The Balaban J connectivity index is 1.52. The molecule has 0 saturated heterocycles. The predicted molar refractivity (Wildman–Crippen MR) is 111 cm³/mol. The molecule has 0 atom stereocenters. The maximum absolute atomic E-state index is 12.1. The maximum atomic E-state index is 12.1. The normalized spacial score (nSPS) is 10.5. The number of ether oxygens (including phenoxy) is 1. The number of halogens is 2. The number of amides is 1. The third-order valence-corrected chi connectivity index (χ3v) is 4.99. The van der Waals surface area contributed by atoms with Crippen molar-refractivity contribution in [3.63, 3.8) is 0 Å². The molecular weight excluding hydrogens is 405 g/mol. The Morgan fingerprint density at radius 2 is 1.85 bits per heavy atom. The molecule has 2 N–H and O–H groups in total. The van der Waals surface area contributed by atoms with Crippen molar-refractivity contribution >= 4 is 51.3 Å². The first-order chi connectivity index (χ1) is 13.0. The molecule has 3 rings (SSSR count). The van der Waals surface area contributed by atoms with Crippen LogP contribution in [0.4, 0.5) is 10.8 Å². The van der Waals surface area contributed by atoms with Gasteiger partial charge in [0.25, 0.3) is 0 Å². The summed E-state index contributed by atoms with van der Waals surface area (Å²) < 4.78 is 5.10. The number of methoxy groups -OCH3 is 1. The summed E-state index contributed by atoms with van der Waals surface area (Å²) in [6, 6.07) is 12.8. The first-order valence-corrected chi connectivity index (χ1v) is 9.66. The quantitative estimate of drug-likeness (QED) is 0.556. The van der Waals surface area contributed by atoms with Gasteiger partial charge in [-0.1, -0.05) is 23.2 Å². The number of carbonyl (C=O) groups is 1. The van der Waals surface area contributed by atoms with Gasteiger partial charge in [-0.2, -0.15) is 0 Å². The summed E-state index contributed by atoms with van der Waals surface area (Å²) in [5, 5.41) is 7.60. The SMILES string of the molecule is COc1ccc(NCC(=O)Nc2ncc(Cc3cc(Cl)cc(Cl)c3)s2)cc1. The summed E-state index contributed by atoms with van der Waals surface area (Å²) in [5.41, 5.74) is 1.83. The minimum Gasteiger partial charge on any atom is -0.497 e. The van der Waals surface area contributed by atoms with Gasteiger partial charge in [0.2, 0.25) is 5.91 Å². The molecule has 0 bridgehead atoms. The smallest absolute Gasteiger partial charge is 0.245 e. The number of hydrogen-bond acceptors (Lipinski definition) is 5. The van der Waals surface area contributed by atoms with E-state index in [2.05, 4.69) is 15.6 Å². The highest BCUT2D eigenvalue weighted by Gasteiger charge is 2.08. The number of anilines is 2. The van der Waals surface area contributed by atoms with Crippen LogP contribution in [-0.2, 0) is 11.2 Å². The highest BCUT2D eigenvalue weighted by molar-refractivity contribution is 7.15. The van der Waals surface area contributed by atoms with Crippen LogP contribution < -0.4 is 15.4 Å². The van der Waals surface area contributed by atoms with Crippen molar-refractivity contribution in [2.24, 2.45) is 0 Å². The highest BCUT2D eigenvalue weighted by atomic mass is 35.5. The molecule has 0 aliphatic carbocycles. The van der Waals surface area contributed by atoms with Crippen LogP contribution in [0.25, 0.3) is 0 Å². The van der Waals surface area contributed by atoms with Gasteiger partial charge in [0.15, 0.2) is 5.13 Å². The van der Waals surface area contributed by atoms with Crippen LogP contribution in [0.15, 0.2) is 48.7 Å². The molecule has 2 aromatic carbocycles. The predicted octanol–water partition coefficient (Wildman–Crippen LogP) is 5.10. The molecule has 0 aliphatic rings. The zero-order chi connectivity index (χ0) is 19.2. The molecule has 5 nitrogen and oxygen atoms in total. The van der Waals surface area contributed by atoms with E-state index in [4.69, 9.17) is 27.9 Å². The fourth-order valence-electron chi connectivity index (χ4n) is 2.42. The van der Waals surface area contributed by atoms with E-state index in [1.54, 1.807) is 19.4 Å². The number of nitrogens with zero attached hydrogens (tertiary/aromatic N) is 1. The van der Waals surface area contributed by atoms with Crippen molar-refractivity contribution in [1.82, 2.24) is 4.98 Å².